The Labute approximate surface area is 198 Å². The van der Waals surface area contributed by atoms with Gasteiger partial charge in [-0.25, -0.2) is 9.78 Å². The van der Waals surface area contributed by atoms with Crippen LogP contribution in [0, 0.1) is 0 Å². The topological polar surface area (TPSA) is 98.6 Å². The maximum Gasteiger partial charge on any atom is 0.417 e. The third-order valence-corrected chi connectivity index (χ3v) is 5.59. The van der Waals surface area contributed by atoms with Crippen molar-refractivity contribution in [1.29, 1.82) is 0 Å². The monoisotopic (exact) mass is 491 g/mol. The van der Waals surface area contributed by atoms with Crippen molar-refractivity contribution in [2.45, 2.75) is 38.3 Å². The van der Waals surface area contributed by atoms with Gasteiger partial charge in [-0.3, -0.25) is 9.78 Å². The molecule has 1 aliphatic heterocycles. The van der Waals surface area contributed by atoms with Gasteiger partial charge >= 0.3 is 12.3 Å². The second-order valence-corrected chi connectivity index (χ2v) is 8.40. The minimum atomic E-state index is -4.49. The number of likely N-dealkylation sites (tertiary alicyclic amines) is 1. The number of pyridine rings is 2. The van der Waals surface area contributed by atoms with Gasteiger partial charge in [0.2, 0.25) is 0 Å². The summed E-state index contributed by atoms with van der Waals surface area (Å²) in [6.45, 7) is 4.20. The Hall–Kier alpha value is -3.67. The predicted octanol–water partition coefficient (Wildman–Crippen LogP) is 3.41. The molecule has 9 nitrogen and oxygen atoms in total. The quantitative estimate of drug-likeness (QED) is 0.588. The van der Waals surface area contributed by atoms with Crippen LogP contribution < -0.4 is 5.32 Å². The summed E-state index contributed by atoms with van der Waals surface area (Å²) in [6.07, 6.45) is -1.64. The number of ether oxygens (including phenoxy) is 2. The number of halogens is 3. The first kappa shape index (κ1) is 24.5. The molecule has 2 amide bonds. The van der Waals surface area contributed by atoms with E-state index in [2.05, 4.69) is 15.3 Å². The zero-order valence-corrected chi connectivity index (χ0v) is 19.2. The Kier molecular flexibility index (Phi) is 6.66. The molecule has 4 rings (SSSR count). The molecule has 0 aromatic carbocycles. The fourth-order valence-corrected chi connectivity index (χ4v) is 3.97. The summed E-state index contributed by atoms with van der Waals surface area (Å²) in [5.41, 5.74) is -0.200. The van der Waals surface area contributed by atoms with Crippen molar-refractivity contribution >= 4 is 22.9 Å². The molecule has 1 aliphatic rings. The lowest BCUT2D eigenvalue weighted by Gasteiger charge is -2.21. The van der Waals surface area contributed by atoms with E-state index in [0.29, 0.717) is 10.9 Å². The maximum absolute atomic E-state index is 13.0. The van der Waals surface area contributed by atoms with Crippen molar-refractivity contribution in [3.05, 3.63) is 54.1 Å². The molecule has 0 bridgehead atoms. The summed E-state index contributed by atoms with van der Waals surface area (Å²) < 4.78 is 50.9. The van der Waals surface area contributed by atoms with Crippen LogP contribution in [-0.2, 0) is 15.7 Å². The minimum Gasteiger partial charge on any atom is -0.453 e. The van der Waals surface area contributed by atoms with E-state index in [9.17, 15) is 22.8 Å². The molecule has 1 fully saturated rings. The van der Waals surface area contributed by atoms with Crippen LogP contribution in [0.1, 0.15) is 29.9 Å². The standard InChI is InChI=1S/C23H24F3N5O4/c1-13(2)35-19-12-30(22(33)34-3)11-17(19)29-21(32)16-8-18-14(9-27-16)6-7-31(18)20-5-4-15(10-28-20)23(24,25)26/h4-10,13,17,19H,11-12H2,1-3H3,(H,29,32)/t17-,19-/m1/s1. The van der Waals surface area contributed by atoms with E-state index in [1.54, 1.807) is 16.8 Å². The molecule has 1 N–H and O–H groups in total. The van der Waals surface area contributed by atoms with E-state index < -0.39 is 35.9 Å². The lowest BCUT2D eigenvalue weighted by molar-refractivity contribution is -0.137. The second-order valence-electron chi connectivity index (χ2n) is 8.40. The van der Waals surface area contributed by atoms with E-state index in [1.807, 2.05) is 13.8 Å². The maximum atomic E-state index is 13.0. The number of rotatable bonds is 5. The molecule has 35 heavy (non-hydrogen) atoms. The molecular formula is C23H24F3N5O4. The van der Waals surface area contributed by atoms with E-state index in [0.717, 1.165) is 12.3 Å². The molecule has 186 valence electrons. The van der Waals surface area contributed by atoms with E-state index in [-0.39, 0.29) is 30.7 Å². The van der Waals surface area contributed by atoms with Crippen molar-refractivity contribution < 1.29 is 32.2 Å². The number of carbonyl (C=O) groups is 2. The zero-order chi connectivity index (χ0) is 25.3. The lowest BCUT2D eigenvalue weighted by atomic mass is 10.2. The average Bonchev–Trinajstić information content (AvgIpc) is 3.41. The first-order chi connectivity index (χ1) is 16.6. The number of hydrogen-bond acceptors (Lipinski definition) is 6. The summed E-state index contributed by atoms with van der Waals surface area (Å²) in [6, 6.07) is 4.99. The van der Waals surface area contributed by atoms with Crippen LogP contribution in [0.4, 0.5) is 18.0 Å². The number of nitrogens with zero attached hydrogens (tertiary/aromatic N) is 4. The third kappa shape index (κ3) is 5.21. The van der Waals surface area contributed by atoms with Crippen LogP contribution in [-0.4, -0.2) is 69.9 Å². The number of aromatic nitrogens is 3. The largest absolute Gasteiger partial charge is 0.453 e. The van der Waals surface area contributed by atoms with Gasteiger partial charge in [0.1, 0.15) is 11.5 Å². The van der Waals surface area contributed by atoms with Gasteiger partial charge < -0.3 is 24.3 Å². The van der Waals surface area contributed by atoms with Gasteiger partial charge in [-0.05, 0) is 38.1 Å². The zero-order valence-electron chi connectivity index (χ0n) is 19.2. The molecule has 0 aliphatic carbocycles. The van der Waals surface area contributed by atoms with Crippen molar-refractivity contribution in [2.24, 2.45) is 0 Å². The van der Waals surface area contributed by atoms with Crippen molar-refractivity contribution in [3.8, 4) is 5.82 Å². The normalized spacial score (nSPS) is 18.3. The van der Waals surface area contributed by atoms with Crippen LogP contribution in [0.15, 0.2) is 42.9 Å². The van der Waals surface area contributed by atoms with Crippen molar-refractivity contribution in [2.75, 3.05) is 20.2 Å². The third-order valence-electron chi connectivity index (χ3n) is 5.59. The van der Waals surface area contributed by atoms with Crippen LogP contribution in [0.3, 0.4) is 0 Å². The molecule has 3 aromatic heterocycles. The average molecular weight is 491 g/mol. The molecule has 3 aromatic rings. The van der Waals surface area contributed by atoms with Crippen molar-refractivity contribution in [1.82, 2.24) is 24.8 Å². The number of carbonyl (C=O) groups excluding carboxylic acids is 2. The molecule has 0 saturated carbocycles. The van der Waals surface area contributed by atoms with Crippen LogP contribution in [0.25, 0.3) is 16.7 Å². The SMILES string of the molecule is COC(=O)N1C[C@@H](NC(=O)c2cc3c(ccn3-c3ccc(C(F)(F)F)cn3)cn2)[C@H](OC(C)C)C1. The number of alkyl halides is 3. The summed E-state index contributed by atoms with van der Waals surface area (Å²) in [5, 5.41) is 3.56. The Balaban J connectivity index is 1.57. The van der Waals surface area contributed by atoms with Gasteiger partial charge in [0.15, 0.2) is 0 Å². The Morgan fingerprint density at radius 3 is 2.54 bits per heavy atom. The van der Waals surface area contributed by atoms with Crippen LogP contribution in [0.2, 0.25) is 0 Å². The molecule has 4 heterocycles. The Bertz CT molecular complexity index is 1230. The summed E-state index contributed by atoms with van der Waals surface area (Å²) in [7, 11) is 1.28. The van der Waals surface area contributed by atoms with Gasteiger partial charge in [0, 0.05) is 30.5 Å². The van der Waals surface area contributed by atoms with E-state index >= 15 is 0 Å². The molecule has 0 radical (unpaired) electrons. The molecule has 0 spiro atoms. The minimum absolute atomic E-state index is 0.101. The second kappa shape index (κ2) is 9.53. The highest BCUT2D eigenvalue weighted by Gasteiger charge is 2.38. The van der Waals surface area contributed by atoms with Gasteiger partial charge in [-0.2, -0.15) is 13.2 Å². The number of fused-ring (bicyclic) bond motifs is 1. The first-order valence-corrected chi connectivity index (χ1v) is 10.9. The van der Waals surface area contributed by atoms with Crippen molar-refractivity contribution in [3.63, 3.8) is 0 Å². The molecule has 1 saturated heterocycles. The fraction of sp³-hybridized carbons (Fsp3) is 0.391. The van der Waals surface area contributed by atoms with Crippen LogP contribution >= 0.6 is 0 Å². The highest BCUT2D eigenvalue weighted by Crippen LogP contribution is 2.29. The van der Waals surface area contributed by atoms with Gasteiger partial charge in [-0.1, -0.05) is 0 Å². The Morgan fingerprint density at radius 2 is 1.91 bits per heavy atom. The summed E-state index contributed by atoms with van der Waals surface area (Å²) in [4.78, 5) is 34.6. The summed E-state index contributed by atoms with van der Waals surface area (Å²) >= 11 is 0. The highest BCUT2D eigenvalue weighted by atomic mass is 19.4. The number of methoxy groups -OCH3 is 1. The van der Waals surface area contributed by atoms with E-state index in [4.69, 9.17) is 9.47 Å². The van der Waals surface area contributed by atoms with Crippen LogP contribution in [0.5, 0.6) is 0 Å². The predicted molar refractivity (Wildman–Crippen MR) is 119 cm³/mol. The number of hydrogen-bond donors (Lipinski definition) is 1. The smallest absolute Gasteiger partial charge is 0.417 e. The Morgan fingerprint density at radius 1 is 1.14 bits per heavy atom. The molecule has 2 atom stereocenters. The van der Waals surface area contributed by atoms with Gasteiger partial charge in [0.05, 0.1) is 43.0 Å². The molecule has 0 unspecified atom stereocenters. The highest BCUT2D eigenvalue weighted by molar-refractivity contribution is 5.96. The van der Waals surface area contributed by atoms with Gasteiger partial charge in [0.25, 0.3) is 5.91 Å². The first-order valence-electron chi connectivity index (χ1n) is 10.9. The van der Waals surface area contributed by atoms with E-state index in [1.165, 1.54) is 30.3 Å². The molecule has 12 heteroatoms. The number of amides is 2. The molecular weight excluding hydrogens is 467 g/mol. The lowest BCUT2D eigenvalue weighted by Crippen LogP contribution is -2.45. The number of nitrogens with one attached hydrogen (secondary N) is 1. The fourth-order valence-electron chi connectivity index (χ4n) is 3.97. The summed E-state index contributed by atoms with van der Waals surface area (Å²) in [5.74, 6) is -0.213. The van der Waals surface area contributed by atoms with Gasteiger partial charge in [-0.15, -0.1) is 0 Å².